The first-order valence-electron chi connectivity index (χ1n) is 9.06. The van der Waals surface area contributed by atoms with Crippen molar-refractivity contribution in [3.8, 4) is 0 Å². The van der Waals surface area contributed by atoms with Crippen molar-refractivity contribution >= 4 is 0 Å². The Morgan fingerprint density at radius 3 is 1.43 bits per heavy atom. The monoisotopic (exact) mass is 534 g/mol. The maximum absolute atomic E-state index is 14.5. The summed E-state index contributed by atoms with van der Waals surface area (Å²) in [4.78, 5) is 0. The molecule has 0 aliphatic carbocycles. The largest absolute Gasteiger partial charge is 0.460 e. The second-order valence-corrected chi connectivity index (χ2v) is 7.38. The minimum absolute atomic E-state index is 0.520. The minimum Gasteiger partial charge on any atom is -0.380 e. The van der Waals surface area contributed by atoms with Crippen molar-refractivity contribution in [3.05, 3.63) is 71.5 Å². The van der Waals surface area contributed by atoms with Gasteiger partial charge in [-0.05, 0) is 11.6 Å². The number of halogens is 14. The molecule has 0 fully saturated rings. The van der Waals surface area contributed by atoms with Crippen molar-refractivity contribution in [1.82, 2.24) is 0 Å². The fraction of sp³-hybridized carbons (Fsp3) is 0.400. The Balaban J connectivity index is 2.69. The van der Waals surface area contributed by atoms with Crippen molar-refractivity contribution in [2.24, 2.45) is 0 Å². The van der Waals surface area contributed by atoms with E-state index < -0.39 is 64.8 Å². The molecule has 0 saturated carbocycles. The Labute approximate surface area is 187 Å². The molecule has 0 spiro atoms. The quantitative estimate of drug-likeness (QED) is 0.356. The molecule has 0 saturated heterocycles. The molecule has 2 aromatic carbocycles. The summed E-state index contributed by atoms with van der Waals surface area (Å²) in [6.45, 7) is 0. The number of alkyl halides is 13. The zero-order chi connectivity index (χ0) is 27.3. The highest BCUT2D eigenvalue weighted by atomic mass is 19.4. The van der Waals surface area contributed by atoms with E-state index in [1.807, 2.05) is 0 Å². The van der Waals surface area contributed by atoms with Crippen LogP contribution in [0.3, 0.4) is 0 Å². The Bertz CT molecular complexity index is 1030. The second kappa shape index (κ2) is 8.52. The Morgan fingerprint density at radius 1 is 0.543 bits per heavy atom. The van der Waals surface area contributed by atoms with Crippen LogP contribution >= 0.6 is 0 Å². The van der Waals surface area contributed by atoms with Crippen LogP contribution < -0.4 is 0 Å². The maximum Gasteiger partial charge on any atom is 0.460 e. The Hall–Kier alpha value is -2.58. The average Bonchev–Trinajstić information content (AvgIpc) is 2.72. The first-order chi connectivity index (χ1) is 15.6. The normalized spacial score (nSPS) is 16.2. The van der Waals surface area contributed by atoms with Crippen LogP contribution in [0.1, 0.15) is 17.5 Å². The lowest BCUT2D eigenvalue weighted by atomic mass is 9.78. The van der Waals surface area contributed by atoms with E-state index in [9.17, 15) is 66.6 Å². The van der Waals surface area contributed by atoms with Gasteiger partial charge in [0, 0.05) is 5.56 Å². The molecule has 196 valence electrons. The summed E-state index contributed by atoms with van der Waals surface area (Å²) in [5, 5.41) is 10.8. The summed E-state index contributed by atoms with van der Waals surface area (Å²) in [6.07, 6.45) is -10.6. The van der Waals surface area contributed by atoms with Gasteiger partial charge in [0.05, 0.1) is 6.42 Å². The predicted octanol–water partition coefficient (Wildman–Crippen LogP) is 7.19. The maximum atomic E-state index is 14.5. The fourth-order valence-corrected chi connectivity index (χ4v) is 3.10. The molecule has 35 heavy (non-hydrogen) atoms. The van der Waals surface area contributed by atoms with Gasteiger partial charge in [-0.3, -0.25) is 0 Å². The third-order valence-corrected chi connectivity index (χ3v) is 5.05. The van der Waals surface area contributed by atoms with E-state index in [1.54, 1.807) is 0 Å². The Morgan fingerprint density at radius 2 is 0.971 bits per heavy atom. The van der Waals surface area contributed by atoms with Crippen LogP contribution in [0.2, 0.25) is 0 Å². The fourth-order valence-electron chi connectivity index (χ4n) is 3.10. The summed E-state index contributed by atoms with van der Waals surface area (Å²) < 4.78 is 189. The van der Waals surface area contributed by atoms with Crippen LogP contribution in [0.25, 0.3) is 0 Å². The molecule has 0 amide bonds. The summed E-state index contributed by atoms with van der Waals surface area (Å²) >= 11 is 0. The molecule has 2 aromatic rings. The SMILES string of the molecule is OC(CC(F)(F)C(F)(F)C(F)(F)C(F)(F)C(F)(F)C(F)(F)F)(c1ccccc1)c1ccccc1F. The topological polar surface area (TPSA) is 20.2 Å². The third kappa shape index (κ3) is 4.31. The number of benzene rings is 2. The van der Waals surface area contributed by atoms with Gasteiger partial charge in [-0.15, -0.1) is 0 Å². The van der Waals surface area contributed by atoms with Crippen molar-refractivity contribution in [2.45, 2.75) is 47.8 Å². The molecule has 2 rings (SSSR count). The molecular weight excluding hydrogens is 522 g/mol. The van der Waals surface area contributed by atoms with Crippen LogP contribution in [0.15, 0.2) is 54.6 Å². The van der Waals surface area contributed by atoms with Crippen LogP contribution in [0.4, 0.5) is 61.5 Å². The highest BCUT2D eigenvalue weighted by molar-refractivity contribution is 5.37. The molecule has 0 aliphatic heterocycles. The Kier molecular flexibility index (Phi) is 6.98. The number of hydrogen-bond acceptors (Lipinski definition) is 1. The van der Waals surface area contributed by atoms with E-state index in [0.717, 1.165) is 36.4 Å². The molecule has 0 bridgehead atoms. The van der Waals surface area contributed by atoms with Gasteiger partial charge in [0.15, 0.2) is 0 Å². The van der Waals surface area contributed by atoms with E-state index in [4.69, 9.17) is 0 Å². The predicted molar refractivity (Wildman–Crippen MR) is 91.2 cm³/mol. The molecule has 15 heteroatoms. The van der Waals surface area contributed by atoms with Gasteiger partial charge in [0.2, 0.25) is 0 Å². The van der Waals surface area contributed by atoms with Gasteiger partial charge in [-0.1, -0.05) is 48.5 Å². The molecule has 0 aliphatic rings. The molecule has 0 aromatic heterocycles. The van der Waals surface area contributed by atoms with Gasteiger partial charge < -0.3 is 5.11 Å². The standard InChI is InChI=1S/C20H12F14O/c21-13-9-5-4-8-12(13)14(35,11-6-2-1-3-7-11)10-15(22,23)16(24,25)17(26,27)18(28,29)19(30,31)20(32,33)34/h1-9,35H,10H2. The van der Waals surface area contributed by atoms with E-state index in [2.05, 4.69) is 0 Å². The van der Waals surface area contributed by atoms with Gasteiger partial charge in [-0.2, -0.15) is 57.1 Å². The van der Waals surface area contributed by atoms with Crippen molar-refractivity contribution < 1.29 is 66.6 Å². The van der Waals surface area contributed by atoms with E-state index in [0.29, 0.717) is 12.1 Å². The molecule has 1 unspecified atom stereocenters. The minimum atomic E-state index is -8.08. The van der Waals surface area contributed by atoms with Crippen molar-refractivity contribution in [2.75, 3.05) is 0 Å². The van der Waals surface area contributed by atoms with Gasteiger partial charge in [0.25, 0.3) is 0 Å². The van der Waals surface area contributed by atoms with Crippen LogP contribution in [0.5, 0.6) is 0 Å². The molecular formula is C20H12F14O. The average molecular weight is 534 g/mol. The third-order valence-electron chi connectivity index (χ3n) is 5.05. The summed E-state index contributed by atoms with van der Waals surface area (Å²) in [5.74, 6) is -39.8. The lowest BCUT2D eigenvalue weighted by molar-refractivity contribution is -0.441. The highest BCUT2D eigenvalue weighted by Gasteiger charge is 2.90. The second-order valence-electron chi connectivity index (χ2n) is 7.38. The number of aliphatic hydroxyl groups is 1. The van der Waals surface area contributed by atoms with Crippen LogP contribution in [-0.2, 0) is 5.60 Å². The smallest absolute Gasteiger partial charge is 0.380 e. The number of hydrogen-bond donors (Lipinski definition) is 1. The highest BCUT2D eigenvalue weighted by Crippen LogP contribution is 2.61. The lowest BCUT2D eigenvalue weighted by Crippen LogP contribution is -2.70. The number of rotatable bonds is 8. The van der Waals surface area contributed by atoms with Gasteiger partial charge >= 0.3 is 35.8 Å². The summed E-state index contributed by atoms with van der Waals surface area (Å²) in [7, 11) is 0. The lowest BCUT2D eigenvalue weighted by Gasteiger charge is -2.42. The zero-order valence-electron chi connectivity index (χ0n) is 16.6. The summed E-state index contributed by atoms with van der Waals surface area (Å²) in [5.41, 5.74) is -5.76. The van der Waals surface area contributed by atoms with E-state index in [1.165, 1.54) is 6.07 Å². The van der Waals surface area contributed by atoms with E-state index in [-0.39, 0.29) is 0 Å². The molecule has 1 N–H and O–H groups in total. The van der Waals surface area contributed by atoms with Crippen molar-refractivity contribution in [1.29, 1.82) is 0 Å². The van der Waals surface area contributed by atoms with Gasteiger partial charge in [-0.25, -0.2) is 4.39 Å². The first kappa shape index (κ1) is 28.7. The molecule has 0 radical (unpaired) electrons. The van der Waals surface area contributed by atoms with Crippen LogP contribution in [-0.4, -0.2) is 40.9 Å². The zero-order valence-corrected chi connectivity index (χ0v) is 16.6. The molecule has 1 atom stereocenters. The summed E-state index contributed by atoms with van der Waals surface area (Å²) in [6, 6.07) is 7.50. The van der Waals surface area contributed by atoms with Crippen LogP contribution in [0, 0.1) is 5.82 Å². The first-order valence-corrected chi connectivity index (χ1v) is 9.06. The molecule has 1 nitrogen and oxygen atoms in total. The van der Waals surface area contributed by atoms with Crippen molar-refractivity contribution in [3.63, 3.8) is 0 Å². The van der Waals surface area contributed by atoms with E-state index >= 15 is 0 Å². The molecule has 0 heterocycles. The van der Waals surface area contributed by atoms with Gasteiger partial charge in [0.1, 0.15) is 11.4 Å².